The molecule has 1 aliphatic carbocycles. The van der Waals surface area contributed by atoms with Crippen molar-refractivity contribution in [1.29, 1.82) is 0 Å². The number of hydrogen-bond acceptors (Lipinski definition) is 8. The maximum absolute atomic E-state index is 12.4. The quantitative estimate of drug-likeness (QED) is 0.278. The molecule has 0 bridgehead atoms. The van der Waals surface area contributed by atoms with E-state index in [2.05, 4.69) is 32.8 Å². The first kappa shape index (κ1) is 25.1. The zero-order valence-corrected chi connectivity index (χ0v) is 17.5. The van der Waals surface area contributed by atoms with Gasteiger partial charge in [0.05, 0.1) is 12.1 Å². The number of carbonyl (C=O) groups is 3. The molecule has 0 spiro atoms. The normalized spacial score (nSPS) is 20.3. The number of ether oxygens (including phenoxy) is 1. The maximum Gasteiger partial charge on any atom is 0.290 e. The maximum atomic E-state index is 12.4. The van der Waals surface area contributed by atoms with E-state index in [1.165, 1.54) is 6.92 Å². The van der Waals surface area contributed by atoms with E-state index in [1.54, 1.807) is 12.3 Å². The Kier molecular flexibility index (Phi) is 11.8. The predicted molar refractivity (Wildman–Crippen MR) is 112 cm³/mol. The number of nitrogens with one attached hydrogen (secondary N) is 3. The number of carboxylic acid groups (broad SMARTS) is 1. The molecule has 6 N–H and O–H groups in total. The molecule has 0 radical (unpaired) electrons. The number of nitrogen functional groups attached to an aromatic ring is 1. The molecule has 11 heteroatoms. The van der Waals surface area contributed by atoms with Crippen molar-refractivity contribution >= 4 is 30.1 Å². The minimum atomic E-state index is -0.250. The van der Waals surface area contributed by atoms with Gasteiger partial charge in [-0.2, -0.15) is 4.98 Å². The first-order chi connectivity index (χ1) is 14.4. The number of carbonyl (C=O) groups excluding carboxylic acids is 2. The van der Waals surface area contributed by atoms with Crippen molar-refractivity contribution in [3.8, 4) is 0 Å². The highest BCUT2D eigenvalue weighted by Crippen LogP contribution is 2.29. The summed E-state index contributed by atoms with van der Waals surface area (Å²) in [4.78, 5) is 39.8. The molecule has 1 saturated carbocycles. The highest BCUT2D eigenvalue weighted by molar-refractivity contribution is 5.79. The molecule has 11 nitrogen and oxygen atoms in total. The number of amides is 2. The van der Waals surface area contributed by atoms with Gasteiger partial charge in [0.15, 0.2) is 0 Å². The van der Waals surface area contributed by atoms with Gasteiger partial charge in [0.1, 0.15) is 5.82 Å². The molecule has 0 unspecified atom stereocenters. The van der Waals surface area contributed by atoms with Gasteiger partial charge in [0.25, 0.3) is 6.47 Å². The number of hydrogen-bond donors (Lipinski definition) is 5. The second-order valence-corrected chi connectivity index (χ2v) is 6.85. The lowest BCUT2D eigenvalue weighted by molar-refractivity contribution is -0.128. The Morgan fingerprint density at radius 1 is 1.33 bits per heavy atom. The zero-order valence-electron chi connectivity index (χ0n) is 17.5. The standard InChI is InChI=1S/C18H30N6O3.CH2O2/c1-3-10-27-15-11-13(17(26)21-9-8-20-12(2)25)4-5-14(15)23-16-6-7-22-18(19)24-16;2-1-3/h6-7,13-15H,3-5,8-11H2,1-2H3,(H,20,25)(H,21,26)(H3,19,22,23,24);1H,(H,2,3)/t13-,14-,15-;/m0./s1. The predicted octanol–water partition coefficient (Wildman–Crippen LogP) is 0.388. The molecule has 1 heterocycles. The highest BCUT2D eigenvalue weighted by atomic mass is 16.5. The van der Waals surface area contributed by atoms with Gasteiger partial charge >= 0.3 is 0 Å². The molecule has 1 aromatic rings. The van der Waals surface area contributed by atoms with E-state index in [0.717, 1.165) is 19.3 Å². The van der Waals surface area contributed by atoms with Crippen LogP contribution in [0, 0.1) is 5.92 Å². The van der Waals surface area contributed by atoms with E-state index in [1.807, 2.05) is 0 Å². The van der Waals surface area contributed by atoms with Crippen LogP contribution in [0.5, 0.6) is 0 Å². The van der Waals surface area contributed by atoms with Crippen molar-refractivity contribution < 1.29 is 24.2 Å². The van der Waals surface area contributed by atoms with Crippen LogP contribution in [0.1, 0.15) is 39.5 Å². The Labute approximate surface area is 176 Å². The Balaban J connectivity index is 0.00000141. The van der Waals surface area contributed by atoms with Gasteiger partial charge in [-0.25, -0.2) is 4.98 Å². The first-order valence-electron chi connectivity index (χ1n) is 9.97. The summed E-state index contributed by atoms with van der Waals surface area (Å²) in [5.74, 6) is 0.691. The molecule has 0 aliphatic heterocycles. The summed E-state index contributed by atoms with van der Waals surface area (Å²) in [5, 5.41) is 15.8. The fourth-order valence-corrected chi connectivity index (χ4v) is 3.20. The Bertz CT molecular complexity index is 675. The molecule has 3 atom stereocenters. The van der Waals surface area contributed by atoms with Crippen LogP contribution in [0.25, 0.3) is 0 Å². The van der Waals surface area contributed by atoms with Crippen molar-refractivity contribution in [1.82, 2.24) is 20.6 Å². The minimum Gasteiger partial charge on any atom is -0.483 e. The van der Waals surface area contributed by atoms with E-state index in [9.17, 15) is 9.59 Å². The summed E-state index contributed by atoms with van der Waals surface area (Å²) >= 11 is 0. The van der Waals surface area contributed by atoms with Crippen LogP contribution in [-0.2, 0) is 19.1 Å². The number of nitrogens with two attached hydrogens (primary N) is 1. The van der Waals surface area contributed by atoms with Crippen LogP contribution in [0.3, 0.4) is 0 Å². The van der Waals surface area contributed by atoms with Gasteiger partial charge in [0.2, 0.25) is 17.8 Å². The Hall–Kier alpha value is -2.95. The third-order valence-corrected chi connectivity index (χ3v) is 4.50. The fraction of sp³-hybridized carbons (Fsp3) is 0.632. The summed E-state index contributed by atoms with van der Waals surface area (Å²) in [5.41, 5.74) is 5.64. The van der Waals surface area contributed by atoms with E-state index >= 15 is 0 Å². The highest BCUT2D eigenvalue weighted by Gasteiger charge is 2.34. The number of anilines is 2. The molecule has 30 heavy (non-hydrogen) atoms. The average Bonchev–Trinajstić information content (AvgIpc) is 2.71. The number of aromatic nitrogens is 2. The van der Waals surface area contributed by atoms with Crippen molar-refractivity contribution in [3.05, 3.63) is 12.3 Å². The van der Waals surface area contributed by atoms with Crippen molar-refractivity contribution in [2.24, 2.45) is 5.92 Å². The molecule has 0 saturated heterocycles. The SMILES string of the molecule is CCCO[C@H]1C[C@@H](C(=O)NCCNC(C)=O)CC[C@@H]1Nc1ccnc(N)n1.O=CO. The zero-order chi connectivity index (χ0) is 22.4. The van der Waals surface area contributed by atoms with Gasteiger partial charge < -0.3 is 31.5 Å². The van der Waals surface area contributed by atoms with Crippen LogP contribution in [-0.4, -0.2) is 65.2 Å². The largest absolute Gasteiger partial charge is 0.483 e. The van der Waals surface area contributed by atoms with E-state index < -0.39 is 0 Å². The molecule has 2 rings (SSSR count). The second-order valence-electron chi connectivity index (χ2n) is 6.85. The summed E-state index contributed by atoms with van der Waals surface area (Å²) in [6, 6.07) is 1.84. The van der Waals surface area contributed by atoms with Gasteiger partial charge in [-0.05, 0) is 31.7 Å². The van der Waals surface area contributed by atoms with Crippen molar-refractivity contribution in [2.45, 2.75) is 51.7 Å². The monoisotopic (exact) mass is 424 g/mol. The lowest BCUT2D eigenvalue weighted by atomic mass is 9.83. The smallest absolute Gasteiger partial charge is 0.290 e. The second kappa shape index (κ2) is 14.1. The fourth-order valence-electron chi connectivity index (χ4n) is 3.20. The number of rotatable bonds is 9. The Morgan fingerprint density at radius 2 is 2.03 bits per heavy atom. The molecule has 0 aromatic carbocycles. The average molecular weight is 425 g/mol. The van der Waals surface area contributed by atoms with Crippen LogP contribution in [0.15, 0.2) is 12.3 Å². The minimum absolute atomic E-state index is 0.00943. The van der Waals surface area contributed by atoms with Crippen LogP contribution < -0.4 is 21.7 Å². The van der Waals surface area contributed by atoms with E-state index in [-0.39, 0.29) is 42.3 Å². The van der Waals surface area contributed by atoms with Crippen molar-refractivity contribution in [2.75, 3.05) is 30.7 Å². The van der Waals surface area contributed by atoms with E-state index in [0.29, 0.717) is 31.9 Å². The van der Waals surface area contributed by atoms with Gasteiger partial charge in [-0.3, -0.25) is 14.4 Å². The van der Waals surface area contributed by atoms with Crippen LogP contribution in [0.2, 0.25) is 0 Å². The molecule has 1 aliphatic rings. The lowest BCUT2D eigenvalue weighted by Gasteiger charge is -2.36. The van der Waals surface area contributed by atoms with Gasteiger partial charge in [-0.1, -0.05) is 6.92 Å². The van der Waals surface area contributed by atoms with Crippen molar-refractivity contribution in [3.63, 3.8) is 0 Å². The molecular formula is C19H32N6O5. The summed E-state index contributed by atoms with van der Waals surface area (Å²) < 4.78 is 6.01. The summed E-state index contributed by atoms with van der Waals surface area (Å²) in [6.07, 6.45) is 4.64. The van der Waals surface area contributed by atoms with Gasteiger partial charge in [-0.15, -0.1) is 0 Å². The number of nitrogens with zero attached hydrogens (tertiary/aromatic N) is 2. The lowest BCUT2D eigenvalue weighted by Crippen LogP contribution is -2.46. The summed E-state index contributed by atoms with van der Waals surface area (Å²) in [7, 11) is 0. The Morgan fingerprint density at radius 3 is 2.67 bits per heavy atom. The molecular weight excluding hydrogens is 392 g/mol. The third-order valence-electron chi connectivity index (χ3n) is 4.50. The van der Waals surface area contributed by atoms with Gasteiger partial charge in [0, 0.05) is 38.7 Å². The van der Waals surface area contributed by atoms with Crippen LogP contribution in [0.4, 0.5) is 11.8 Å². The molecule has 168 valence electrons. The molecule has 2 amide bonds. The molecule has 1 aromatic heterocycles. The topological polar surface area (TPSA) is 169 Å². The van der Waals surface area contributed by atoms with Crippen LogP contribution >= 0.6 is 0 Å². The molecule has 1 fully saturated rings. The summed E-state index contributed by atoms with van der Waals surface area (Å²) in [6.45, 7) is 4.77. The van der Waals surface area contributed by atoms with E-state index in [4.69, 9.17) is 20.4 Å². The third kappa shape index (κ3) is 9.50. The first-order valence-corrected chi connectivity index (χ1v) is 9.97.